The Labute approximate surface area is 106 Å². The number of ether oxygens (including phenoxy) is 1. The number of ketones is 1. The number of hydrogen-bond donors (Lipinski definition) is 1. The largest absolute Gasteiger partial charge is 0.466 e. The van der Waals surface area contributed by atoms with Gasteiger partial charge in [-0.3, -0.25) is 9.59 Å². The minimum absolute atomic E-state index is 0.0318. The maximum absolute atomic E-state index is 12.2. The van der Waals surface area contributed by atoms with Gasteiger partial charge in [0.2, 0.25) is 0 Å². The number of carbonyl (C=O) groups excluding carboxylic acids is 2. The Morgan fingerprint density at radius 2 is 2.28 bits per heavy atom. The second kappa shape index (κ2) is 5.21. The second-order valence-electron chi connectivity index (χ2n) is 4.53. The van der Waals surface area contributed by atoms with E-state index in [2.05, 4.69) is 0 Å². The van der Waals surface area contributed by atoms with Crippen LogP contribution >= 0.6 is 0 Å². The molecule has 0 unspecified atom stereocenters. The summed E-state index contributed by atoms with van der Waals surface area (Å²) in [6, 6.07) is 5.32. The van der Waals surface area contributed by atoms with Crippen LogP contribution in [-0.2, 0) is 16.0 Å². The molecule has 0 spiro atoms. The smallest absolute Gasteiger partial charge is 0.306 e. The number of aryl methyl sites for hydroxylation is 1. The number of benzene rings is 1. The Bertz CT molecular complexity index is 482. The Hall–Kier alpha value is -1.84. The zero-order valence-electron chi connectivity index (χ0n) is 10.4. The maximum Gasteiger partial charge on any atom is 0.306 e. The van der Waals surface area contributed by atoms with E-state index in [1.54, 1.807) is 19.1 Å². The molecule has 1 aromatic rings. The third-order valence-electron chi connectivity index (χ3n) is 3.25. The summed E-state index contributed by atoms with van der Waals surface area (Å²) >= 11 is 0. The molecule has 0 saturated heterocycles. The molecular formula is C14H17NO3. The SMILES string of the molecule is CCOC(=O)C[C@@H]1CCc2cc(N)ccc2C1=O. The van der Waals surface area contributed by atoms with Crippen molar-refractivity contribution in [2.24, 2.45) is 5.92 Å². The van der Waals surface area contributed by atoms with Crippen LogP contribution < -0.4 is 5.73 Å². The molecule has 0 fully saturated rings. The lowest BCUT2D eigenvalue weighted by Gasteiger charge is -2.22. The van der Waals surface area contributed by atoms with Crippen LogP contribution in [0, 0.1) is 5.92 Å². The van der Waals surface area contributed by atoms with Crippen molar-refractivity contribution in [3.63, 3.8) is 0 Å². The zero-order valence-corrected chi connectivity index (χ0v) is 10.4. The number of nitrogens with two attached hydrogens (primary N) is 1. The molecule has 0 aromatic heterocycles. The molecule has 1 aromatic carbocycles. The highest BCUT2D eigenvalue weighted by molar-refractivity contribution is 6.01. The topological polar surface area (TPSA) is 69.4 Å². The van der Waals surface area contributed by atoms with E-state index in [0.29, 0.717) is 24.3 Å². The highest BCUT2D eigenvalue weighted by Gasteiger charge is 2.29. The predicted octanol–water partition coefficient (Wildman–Crippen LogP) is 1.97. The summed E-state index contributed by atoms with van der Waals surface area (Å²) in [6.07, 6.45) is 1.65. The number of esters is 1. The molecule has 18 heavy (non-hydrogen) atoms. The molecular weight excluding hydrogens is 230 g/mol. The van der Waals surface area contributed by atoms with E-state index >= 15 is 0 Å². The van der Waals surface area contributed by atoms with Crippen LogP contribution in [0.25, 0.3) is 0 Å². The van der Waals surface area contributed by atoms with Gasteiger partial charge in [-0.15, -0.1) is 0 Å². The highest BCUT2D eigenvalue weighted by Crippen LogP contribution is 2.29. The van der Waals surface area contributed by atoms with Crippen LogP contribution in [0.5, 0.6) is 0 Å². The van der Waals surface area contributed by atoms with Crippen LogP contribution in [-0.4, -0.2) is 18.4 Å². The van der Waals surface area contributed by atoms with Gasteiger partial charge in [0, 0.05) is 17.2 Å². The molecule has 0 saturated carbocycles. The van der Waals surface area contributed by atoms with Crippen LogP contribution in [0.15, 0.2) is 18.2 Å². The van der Waals surface area contributed by atoms with Gasteiger partial charge in [-0.1, -0.05) is 0 Å². The van der Waals surface area contributed by atoms with Gasteiger partial charge in [0.15, 0.2) is 5.78 Å². The Balaban J connectivity index is 2.13. The minimum Gasteiger partial charge on any atom is -0.466 e. The Morgan fingerprint density at radius 1 is 1.50 bits per heavy atom. The number of nitrogen functional groups attached to an aromatic ring is 1. The Morgan fingerprint density at radius 3 is 3.00 bits per heavy atom. The van der Waals surface area contributed by atoms with Crippen molar-refractivity contribution in [2.45, 2.75) is 26.2 Å². The van der Waals surface area contributed by atoms with E-state index in [1.807, 2.05) is 6.07 Å². The summed E-state index contributed by atoms with van der Waals surface area (Å²) < 4.78 is 4.89. The molecule has 2 N–H and O–H groups in total. The monoisotopic (exact) mass is 247 g/mol. The van der Waals surface area contributed by atoms with Gasteiger partial charge in [0.25, 0.3) is 0 Å². The fraction of sp³-hybridized carbons (Fsp3) is 0.429. The number of fused-ring (bicyclic) bond motifs is 1. The van der Waals surface area contributed by atoms with E-state index in [9.17, 15) is 9.59 Å². The molecule has 0 amide bonds. The van der Waals surface area contributed by atoms with Crippen molar-refractivity contribution in [1.82, 2.24) is 0 Å². The lowest BCUT2D eigenvalue weighted by molar-refractivity contribution is -0.143. The summed E-state index contributed by atoms with van der Waals surface area (Å²) in [6.45, 7) is 2.12. The van der Waals surface area contributed by atoms with Crippen LogP contribution in [0.4, 0.5) is 5.69 Å². The summed E-state index contributed by atoms with van der Waals surface area (Å²) in [5.41, 5.74) is 8.05. The number of hydrogen-bond acceptors (Lipinski definition) is 4. The van der Waals surface area contributed by atoms with E-state index in [1.165, 1.54) is 0 Å². The van der Waals surface area contributed by atoms with Crippen molar-refractivity contribution in [3.8, 4) is 0 Å². The molecule has 4 nitrogen and oxygen atoms in total. The van der Waals surface area contributed by atoms with Crippen LogP contribution in [0.1, 0.15) is 35.7 Å². The normalized spacial score (nSPS) is 18.3. The molecule has 1 aliphatic carbocycles. The van der Waals surface area contributed by atoms with Crippen LogP contribution in [0.3, 0.4) is 0 Å². The maximum atomic E-state index is 12.2. The fourth-order valence-electron chi connectivity index (χ4n) is 2.36. The summed E-state index contributed by atoms with van der Waals surface area (Å²) in [4.78, 5) is 23.6. The average Bonchev–Trinajstić information content (AvgIpc) is 2.33. The van der Waals surface area contributed by atoms with E-state index in [-0.39, 0.29) is 24.1 Å². The number of carbonyl (C=O) groups is 2. The molecule has 0 aliphatic heterocycles. The first-order valence-corrected chi connectivity index (χ1v) is 6.20. The van der Waals surface area contributed by atoms with Crippen molar-refractivity contribution in [3.05, 3.63) is 29.3 Å². The molecule has 1 aliphatic rings. The van der Waals surface area contributed by atoms with Crippen molar-refractivity contribution in [1.29, 1.82) is 0 Å². The third-order valence-corrected chi connectivity index (χ3v) is 3.25. The first-order chi connectivity index (χ1) is 8.61. The molecule has 0 bridgehead atoms. The molecule has 0 radical (unpaired) electrons. The van der Waals surface area contributed by atoms with Gasteiger partial charge in [-0.05, 0) is 43.5 Å². The Kier molecular flexibility index (Phi) is 3.65. The zero-order chi connectivity index (χ0) is 13.1. The first kappa shape index (κ1) is 12.6. The van der Waals surface area contributed by atoms with Crippen molar-refractivity contribution >= 4 is 17.4 Å². The number of rotatable bonds is 3. The van der Waals surface area contributed by atoms with E-state index < -0.39 is 0 Å². The summed E-state index contributed by atoms with van der Waals surface area (Å²) in [5.74, 6) is -0.515. The van der Waals surface area contributed by atoms with Gasteiger partial charge in [0.1, 0.15) is 0 Å². The van der Waals surface area contributed by atoms with Crippen molar-refractivity contribution in [2.75, 3.05) is 12.3 Å². The van der Waals surface area contributed by atoms with Crippen molar-refractivity contribution < 1.29 is 14.3 Å². The summed E-state index contributed by atoms with van der Waals surface area (Å²) in [5, 5.41) is 0. The lowest BCUT2D eigenvalue weighted by atomic mass is 9.81. The average molecular weight is 247 g/mol. The molecule has 0 heterocycles. The number of Topliss-reactive ketones (excluding diaryl/α,β-unsaturated/α-hetero) is 1. The first-order valence-electron chi connectivity index (χ1n) is 6.20. The van der Waals surface area contributed by atoms with Gasteiger partial charge in [0.05, 0.1) is 13.0 Å². The quantitative estimate of drug-likeness (QED) is 0.655. The standard InChI is InChI=1S/C14H17NO3/c1-2-18-13(16)8-10-4-3-9-7-11(15)5-6-12(9)14(10)17/h5-7,10H,2-4,8,15H2,1H3/t10-/m0/s1. The van der Waals surface area contributed by atoms with Gasteiger partial charge >= 0.3 is 5.97 Å². The van der Waals surface area contributed by atoms with Crippen LogP contribution in [0.2, 0.25) is 0 Å². The van der Waals surface area contributed by atoms with Gasteiger partial charge in [-0.25, -0.2) is 0 Å². The second-order valence-corrected chi connectivity index (χ2v) is 4.53. The fourth-order valence-corrected chi connectivity index (χ4v) is 2.36. The predicted molar refractivity (Wildman–Crippen MR) is 68.2 cm³/mol. The van der Waals surface area contributed by atoms with E-state index in [0.717, 1.165) is 12.0 Å². The molecule has 4 heteroatoms. The van der Waals surface area contributed by atoms with Gasteiger partial charge < -0.3 is 10.5 Å². The highest BCUT2D eigenvalue weighted by atomic mass is 16.5. The summed E-state index contributed by atoms with van der Waals surface area (Å²) in [7, 11) is 0. The van der Waals surface area contributed by atoms with E-state index in [4.69, 9.17) is 10.5 Å². The minimum atomic E-state index is -0.297. The molecule has 2 rings (SSSR count). The molecule has 1 atom stereocenters. The number of anilines is 1. The molecule has 96 valence electrons. The van der Waals surface area contributed by atoms with Gasteiger partial charge in [-0.2, -0.15) is 0 Å². The third kappa shape index (κ3) is 2.53. The lowest BCUT2D eigenvalue weighted by Crippen LogP contribution is -2.25.